The molecule has 33 heavy (non-hydrogen) atoms. The highest BCUT2D eigenvalue weighted by Crippen LogP contribution is 2.53. The van der Waals surface area contributed by atoms with E-state index < -0.39 is 0 Å². The van der Waals surface area contributed by atoms with Crippen LogP contribution in [0.3, 0.4) is 0 Å². The highest BCUT2D eigenvalue weighted by molar-refractivity contribution is 5.93. The smallest absolute Gasteiger partial charge is 0.0531 e. The monoisotopic (exact) mass is 434 g/mol. The average Bonchev–Trinajstić information content (AvgIpc) is 3.26. The first kappa shape index (κ1) is 20.6. The lowest BCUT2D eigenvalue weighted by Gasteiger charge is -2.19. The summed E-state index contributed by atoms with van der Waals surface area (Å²) in [5, 5.41) is 2.74. The van der Waals surface area contributed by atoms with Gasteiger partial charge in [-0.3, -0.25) is 0 Å². The molecule has 2 atom stereocenters. The molecular weight excluding hydrogens is 400 g/mol. The molecule has 0 spiro atoms. The highest BCUT2D eigenvalue weighted by atomic mass is 15.0. The summed E-state index contributed by atoms with van der Waals surface area (Å²) in [5.41, 5.74) is 8.43. The van der Waals surface area contributed by atoms with Crippen LogP contribution >= 0.6 is 0 Å². The van der Waals surface area contributed by atoms with Gasteiger partial charge < -0.3 is 9.13 Å². The third-order valence-corrected chi connectivity index (χ3v) is 7.50. The molecule has 0 N–H and O–H groups in total. The largest absolute Gasteiger partial charge is 0.320 e. The Hall–Kier alpha value is -3.00. The normalized spacial score (nSPS) is 20.7. The Morgan fingerprint density at radius 1 is 0.697 bits per heavy atom. The van der Waals surface area contributed by atoms with Crippen LogP contribution in [0.25, 0.3) is 33.2 Å². The zero-order valence-electron chi connectivity index (χ0n) is 20.7. The molecule has 1 fully saturated rings. The third kappa shape index (κ3) is 3.22. The minimum Gasteiger partial charge on any atom is -0.320 e. The number of nitrogens with zero attached hydrogens (tertiary/aromatic N) is 2. The van der Waals surface area contributed by atoms with Gasteiger partial charge in [0.05, 0.1) is 11.0 Å². The molecule has 6 rings (SSSR count). The van der Waals surface area contributed by atoms with Crippen molar-refractivity contribution in [1.82, 2.24) is 9.13 Å². The SMILES string of the molecule is CC(C)(C)c1cn(C2=CC3CC3C(n3cc(C(C)(C)C)c4ccccc43)=C2)c2ccccc12. The van der Waals surface area contributed by atoms with Crippen LogP contribution in [0.4, 0.5) is 0 Å². The van der Waals surface area contributed by atoms with Crippen LogP contribution in [-0.2, 0) is 10.8 Å². The maximum atomic E-state index is 2.50. The number of hydrogen-bond donors (Lipinski definition) is 0. The predicted octanol–water partition coefficient (Wildman–Crippen LogP) is 8.22. The van der Waals surface area contributed by atoms with Crippen molar-refractivity contribution in [1.29, 1.82) is 0 Å². The summed E-state index contributed by atoms with van der Waals surface area (Å²) in [4.78, 5) is 0. The van der Waals surface area contributed by atoms with Crippen LogP contribution in [0.15, 0.2) is 73.1 Å². The zero-order chi connectivity index (χ0) is 23.1. The van der Waals surface area contributed by atoms with Crippen molar-refractivity contribution in [2.24, 2.45) is 11.8 Å². The minimum atomic E-state index is 0.104. The van der Waals surface area contributed by atoms with Crippen LogP contribution in [0.1, 0.15) is 59.1 Å². The van der Waals surface area contributed by atoms with E-state index in [9.17, 15) is 0 Å². The van der Waals surface area contributed by atoms with Gasteiger partial charge in [0.15, 0.2) is 0 Å². The molecule has 4 aromatic rings. The summed E-state index contributed by atoms with van der Waals surface area (Å²) >= 11 is 0. The molecule has 0 radical (unpaired) electrons. The van der Waals surface area contributed by atoms with E-state index in [0.717, 1.165) is 0 Å². The lowest BCUT2D eigenvalue weighted by molar-refractivity contribution is 0.594. The van der Waals surface area contributed by atoms with Crippen LogP contribution in [-0.4, -0.2) is 9.13 Å². The van der Waals surface area contributed by atoms with Gasteiger partial charge in [0, 0.05) is 40.5 Å². The van der Waals surface area contributed by atoms with Gasteiger partial charge in [0.1, 0.15) is 0 Å². The van der Waals surface area contributed by atoms with Gasteiger partial charge >= 0.3 is 0 Å². The van der Waals surface area contributed by atoms with Crippen molar-refractivity contribution in [3.8, 4) is 0 Å². The molecule has 2 nitrogen and oxygen atoms in total. The molecule has 1 saturated carbocycles. The van der Waals surface area contributed by atoms with E-state index in [2.05, 4.69) is 124 Å². The Bertz CT molecular complexity index is 1460. The quantitative estimate of drug-likeness (QED) is 0.301. The maximum Gasteiger partial charge on any atom is 0.0531 e. The van der Waals surface area contributed by atoms with Crippen molar-refractivity contribution >= 4 is 33.2 Å². The van der Waals surface area contributed by atoms with Gasteiger partial charge in [-0.2, -0.15) is 0 Å². The van der Waals surface area contributed by atoms with Gasteiger partial charge in [-0.25, -0.2) is 0 Å². The standard InChI is InChI=1S/C31H34N2/c1-30(2,3)25-18-32(27-13-9-7-11-22(25)27)21-15-20-16-24(20)29(17-21)33-19-26(31(4,5)6)23-12-8-10-14-28(23)33/h7-15,17-20,24H,16H2,1-6H3. The highest BCUT2D eigenvalue weighted by Gasteiger charge is 2.42. The van der Waals surface area contributed by atoms with Gasteiger partial charge in [-0.1, -0.05) is 84.0 Å². The van der Waals surface area contributed by atoms with Gasteiger partial charge in [-0.15, -0.1) is 0 Å². The summed E-state index contributed by atoms with van der Waals surface area (Å²) in [7, 11) is 0. The topological polar surface area (TPSA) is 9.86 Å². The number of aromatic nitrogens is 2. The molecular formula is C31H34N2. The summed E-state index contributed by atoms with van der Waals surface area (Å²) in [6, 6.07) is 17.8. The first-order chi connectivity index (χ1) is 15.6. The summed E-state index contributed by atoms with van der Waals surface area (Å²) in [5.74, 6) is 1.26. The maximum absolute atomic E-state index is 2.50. The Balaban J connectivity index is 1.55. The lowest BCUT2D eigenvalue weighted by Crippen LogP contribution is -2.11. The number of para-hydroxylation sites is 2. The number of allylic oxidation sites excluding steroid dienone is 4. The van der Waals surface area contributed by atoms with E-state index in [0.29, 0.717) is 11.8 Å². The molecule has 2 unspecified atom stereocenters. The second-order valence-electron chi connectivity index (χ2n) is 12.0. The first-order valence-corrected chi connectivity index (χ1v) is 12.3. The molecule has 2 heterocycles. The predicted molar refractivity (Wildman–Crippen MR) is 141 cm³/mol. The molecule has 2 heteroatoms. The van der Waals surface area contributed by atoms with Crippen LogP contribution < -0.4 is 0 Å². The first-order valence-electron chi connectivity index (χ1n) is 12.3. The van der Waals surface area contributed by atoms with E-state index >= 15 is 0 Å². The number of hydrogen-bond acceptors (Lipinski definition) is 0. The third-order valence-electron chi connectivity index (χ3n) is 7.50. The Morgan fingerprint density at radius 2 is 1.21 bits per heavy atom. The molecule has 168 valence electrons. The van der Waals surface area contributed by atoms with Crippen molar-refractivity contribution in [3.63, 3.8) is 0 Å². The lowest BCUT2D eigenvalue weighted by atomic mass is 9.87. The minimum absolute atomic E-state index is 0.104. The number of benzene rings is 2. The van der Waals surface area contributed by atoms with Crippen LogP contribution in [0.5, 0.6) is 0 Å². The zero-order valence-corrected chi connectivity index (χ0v) is 20.7. The number of fused-ring (bicyclic) bond motifs is 3. The molecule has 0 aliphatic heterocycles. The average molecular weight is 435 g/mol. The van der Waals surface area contributed by atoms with Crippen LogP contribution in [0.2, 0.25) is 0 Å². The molecule has 0 amide bonds. The molecule has 2 aliphatic carbocycles. The fourth-order valence-electron chi connectivity index (χ4n) is 5.64. The fourth-order valence-corrected chi connectivity index (χ4v) is 5.64. The Kier molecular flexibility index (Phi) is 4.22. The summed E-state index contributed by atoms with van der Waals surface area (Å²) in [6.07, 6.45) is 11.0. The van der Waals surface area contributed by atoms with Crippen molar-refractivity contribution < 1.29 is 0 Å². The Labute approximate surface area is 197 Å². The fraction of sp³-hybridized carbons (Fsp3) is 0.355. The van der Waals surface area contributed by atoms with Crippen molar-refractivity contribution in [2.75, 3.05) is 0 Å². The second kappa shape index (κ2) is 6.76. The van der Waals surface area contributed by atoms with Gasteiger partial charge in [0.25, 0.3) is 0 Å². The molecule has 0 saturated heterocycles. The van der Waals surface area contributed by atoms with E-state index in [1.54, 1.807) is 0 Å². The van der Waals surface area contributed by atoms with E-state index in [-0.39, 0.29) is 10.8 Å². The van der Waals surface area contributed by atoms with Gasteiger partial charge in [-0.05, 0) is 52.5 Å². The van der Waals surface area contributed by atoms with E-state index in [1.807, 2.05) is 0 Å². The van der Waals surface area contributed by atoms with Crippen molar-refractivity contribution in [2.45, 2.75) is 58.8 Å². The molecule has 2 aromatic carbocycles. The number of rotatable bonds is 2. The van der Waals surface area contributed by atoms with Crippen molar-refractivity contribution in [3.05, 3.63) is 84.2 Å². The molecule has 2 aliphatic rings. The molecule has 2 aromatic heterocycles. The summed E-state index contributed by atoms with van der Waals surface area (Å²) < 4.78 is 4.92. The second-order valence-corrected chi connectivity index (χ2v) is 12.0. The summed E-state index contributed by atoms with van der Waals surface area (Å²) in [6.45, 7) is 13.9. The molecule has 0 bridgehead atoms. The van der Waals surface area contributed by atoms with E-state index in [1.165, 1.54) is 50.7 Å². The van der Waals surface area contributed by atoms with Crippen LogP contribution in [0, 0.1) is 11.8 Å². The van der Waals surface area contributed by atoms with Gasteiger partial charge in [0.2, 0.25) is 0 Å². The Morgan fingerprint density at radius 3 is 1.79 bits per heavy atom. The van der Waals surface area contributed by atoms with E-state index in [4.69, 9.17) is 0 Å².